The fraction of sp³-hybridized carbons (Fsp3) is 0.357. The summed E-state index contributed by atoms with van der Waals surface area (Å²) in [6, 6.07) is 6.75. The van der Waals surface area contributed by atoms with E-state index in [0.29, 0.717) is 18.8 Å². The van der Waals surface area contributed by atoms with E-state index in [9.17, 15) is 4.79 Å². The summed E-state index contributed by atoms with van der Waals surface area (Å²) in [6.45, 7) is 0.345. The lowest BCUT2D eigenvalue weighted by Gasteiger charge is -2.10. The van der Waals surface area contributed by atoms with E-state index in [1.54, 1.807) is 4.68 Å². The first-order valence-electron chi connectivity index (χ1n) is 6.48. The van der Waals surface area contributed by atoms with Crippen LogP contribution in [-0.4, -0.2) is 33.9 Å². The molecule has 0 spiro atoms. The van der Waals surface area contributed by atoms with Gasteiger partial charge in [-0.25, -0.2) is 4.98 Å². The number of ether oxygens (including phenoxy) is 2. The van der Waals surface area contributed by atoms with Gasteiger partial charge in [0.2, 0.25) is 0 Å². The average Bonchev–Trinajstić information content (AvgIpc) is 2.91. The number of benzene rings is 1. The minimum absolute atomic E-state index is 0.345. The van der Waals surface area contributed by atoms with Gasteiger partial charge in [-0.2, -0.15) is 5.10 Å². The van der Waals surface area contributed by atoms with Crippen molar-refractivity contribution in [2.45, 2.75) is 19.1 Å². The van der Waals surface area contributed by atoms with Crippen molar-refractivity contribution in [3.63, 3.8) is 0 Å². The Morgan fingerprint density at radius 1 is 1.38 bits per heavy atom. The topological polar surface area (TPSA) is 92.3 Å². The summed E-state index contributed by atoms with van der Waals surface area (Å²) in [5, 5.41) is 3.97. The van der Waals surface area contributed by atoms with E-state index in [0.717, 1.165) is 11.4 Å². The molecule has 2 aromatic rings. The van der Waals surface area contributed by atoms with Gasteiger partial charge < -0.3 is 15.2 Å². The van der Waals surface area contributed by atoms with Crippen LogP contribution in [0.4, 0.5) is 0 Å². The molecule has 21 heavy (non-hydrogen) atoms. The molecule has 7 nitrogen and oxygen atoms in total. The molecule has 0 radical (unpaired) electrons. The molecule has 0 saturated carbocycles. The number of aryl methyl sites for hydroxylation is 1. The number of nitrogens with zero attached hydrogens (tertiary/aromatic N) is 3. The van der Waals surface area contributed by atoms with Crippen molar-refractivity contribution in [1.82, 2.24) is 14.8 Å². The van der Waals surface area contributed by atoms with Gasteiger partial charge in [0.25, 0.3) is 0 Å². The van der Waals surface area contributed by atoms with Gasteiger partial charge >= 0.3 is 5.97 Å². The van der Waals surface area contributed by atoms with E-state index in [1.165, 1.54) is 13.4 Å². The normalized spacial score (nSPS) is 12.0. The van der Waals surface area contributed by atoms with Crippen LogP contribution in [0.2, 0.25) is 0 Å². The predicted octanol–water partition coefficient (Wildman–Crippen LogP) is 0.437. The Kier molecular flexibility index (Phi) is 4.89. The predicted molar refractivity (Wildman–Crippen MR) is 75.5 cm³/mol. The lowest BCUT2D eigenvalue weighted by Crippen LogP contribution is -2.33. The zero-order valence-corrected chi connectivity index (χ0v) is 12.0. The molecule has 2 rings (SSSR count). The van der Waals surface area contributed by atoms with Crippen LogP contribution < -0.4 is 10.5 Å². The SMILES string of the molecule is COC(=O)C(N)Cc1ccc(OCc2ncnn2C)cc1. The molecule has 7 heteroatoms. The zero-order chi connectivity index (χ0) is 15.2. The molecule has 0 fully saturated rings. The second kappa shape index (κ2) is 6.85. The summed E-state index contributed by atoms with van der Waals surface area (Å²) in [6.07, 6.45) is 1.91. The molecule has 1 aromatic carbocycles. The molecule has 0 aliphatic heterocycles. The van der Waals surface area contributed by atoms with E-state index in [1.807, 2.05) is 31.3 Å². The standard InChI is InChI=1S/C14H18N4O3/c1-18-13(16-9-17-18)8-21-11-5-3-10(4-6-11)7-12(15)14(19)20-2/h3-6,9,12H,7-8,15H2,1-2H3. The first-order valence-corrected chi connectivity index (χ1v) is 6.48. The maximum atomic E-state index is 11.3. The highest BCUT2D eigenvalue weighted by Gasteiger charge is 2.14. The lowest BCUT2D eigenvalue weighted by molar-refractivity contribution is -0.142. The van der Waals surface area contributed by atoms with Gasteiger partial charge in [0, 0.05) is 7.05 Å². The van der Waals surface area contributed by atoms with Crippen molar-refractivity contribution >= 4 is 5.97 Å². The number of carbonyl (C=O) groups is 1. The molecule has 112 valence electrons. The smallest absolute Gasteiger partial charge is 0.322 e. The summed E-state index contributed by atoms with van der Waals surface area (Å²) in [4.78, 5) is 15.3. The van der Waals surface area contributed by atoms with E-state index in [-0.39, 0.29) is 0 Å². The van der Waals surface area contributed by atoms with Crippen molar-refractivity contribution in [3.05, 3.63) is 42.0 Å². The third kappa shape index (κ3) is 4.03. The van der Waals surface area contributed by atoms with Crippen LogP contribution in [0.1, 0.15) is 11.4 Å². The number of esters is 1. The maximum absolute atomic E-state index is 11.3. The Balaban J connectivity index is 1.90. The van der Waals surface area contributed by atoms with Crippen LogP contribution >= 0.6 is 0 Å². The van der Waals surface area contributed by atoms with Gasteiger partial charge in [0.05, 0.1) is 7.11 Å². The van der Waals surface area contributed by atoms with E-state index in [4.69, 9.17) is 10.5 Å². The van der Waals surface area contributed by atoms with Crippen molar-refractivity contribution < 1.29 is 14.3 Å². The van der Waals surface area contributed by atoms with Gasteiger partial charge in [0.1, 0.15) is 24.7 Å². The molecule has 1 aromatic heterocycles. The van der Waals surface area contributed by atoms with E-state index < -0.39 is 12.0 Å². The summed E-state index contributed by atoms with van der Waals surface area (Å²) in [5.41, 5.74) is 6.66. The van der Waals surface area contributed by atoms with Crippen LogP contribution in [0.15, 0.2) is 30.6 Å². The highest BCUT2D eigenvalue weighted by molar-refractivity contribution is 5.75. The monoisotopic (exact) mass is 290 g/mol. The summed E-state index contributed by atoms with van der Waals surface area (Å²) in [7, 11) is 3.13. The summed E-state index contributed by atoms with van der Waals surface area (Å²) < 4.78 is 11.9. The molecule has 0 saturated heterocycles. The number of nitrogens with two attached hydrogens (primary N) is 1. The summed E-state index contributed by atoms with van der Waals surface area (Å²) >= 11 is 0. The minimum atomic E-state index is -0.652. The Morgan fingerprint density at radius 3 is 2.67 bits per heavy atom. The highest BCUT2D eigenvalue weighted by Crippen LogP contribution is 2.14. The number of rotatable bonds is 6. The number of aromatic nitrogens is 3. The second-order valence-electron chi connectivity index (χ2n) is 4.57. The van der Waals surface area contributed by atoms with Crippen LogP contribution in [0, 0.1) is 0 Å². The Hall–Kier alpha value is -2.41. The molecule has 2 N–H and O–H groups in total. The molecule has 0 aliphatic rings. The van der Waals surface area contributed by atoms with Gasteiger partial charge in [-0.1, -0.05) is 12.1 Å². The molecule has 0 amide bonds. The largest absolute Gasteiger partial charge is 0.486 e. The summed E-state index contributed by atoms with van der Waals surface area (Å²) in [5.74, 6) is 1.04. The third-order valence-electron chi connectivity index (χ3n) is 3.06. The Morgan fingerprint density at radius 2 is 2.10 bits per heavy atom. The van der Waals surface area contributed by atoms with Crippen LogP contribution in [0.25, 0.3) is 0 Å². The maximum Gasteiger partial charge on any atom is 0.322 e. The van der Waals surface area contributed by atoms with Gasteiger partial charge in [-0.3, -0.25) is 9.48 Å². The number of hydrogen-bond acceptors (Lipinski definition) is 6. The number of methoxy groups -OCH3 is 1. The van der Waals surface area contributed by atoms with Gasteiger partial charge in [0.15, 0.2) is 5.82 Å². The van der Waals surface area contributed by atoms with Gasteiger partial charge in [-0.05, 0) is 24.1 Å². The molecule has 1 heterocycles. The quantitative estimate of drug-likeness (QED) is 0.776. The highest BCUT2D eigenvalue weighted by atomic mass is 16.5. The third-order valence-corrected chi connectivity index (χ3v) is 3.06. The first-order chi connectivity index (χ1) is 10.1. The molecule has 1 unspecified atom stereocenters. The lowest BCUT2D eigenvalue weighted by atomic mass is 10.1. The van der Waals surface area contributed by atoms with Crippen molar-refractivity contribution in [2.24, 2.45) is 12.8 Å². The van der Waals surface area contributed by atoms with E-state index >= 15 is 0 Å². The van der Waals surface area contributed by atoms with Crippen LogP contribution in [0.5, 0.6) is 5.75 Å². The molecule has 1 atom stereocenters. The second-order valence-corrected chi connectivity index (χ2v) is 4.57. The van der Waals surface area contributed by atoms with Crippen molar-refractivity contribution in [1.29, 1.82) is 0 Å². The first kappa shape index (κ1) is 15.0. The van der Waals surface area contributed by atoms with Crippen molar-refractivity contribution in [2.75, 3.05) is 7.11 Å². The number of hydrogen-bond donors (Lipinski definition) is 1. The van der Waals surface area contributed by atoms with Crippen LogP contribution in [-0.2, 0) is 29.6 Å². The Bertz CT molecular complexity index is 595. The fourth-order valence-corrected chi connectivity index (χ4v) is 1.81. The molecule has 0 bridgehead atoms. The number of carbonyl (C=O) groups excluding carboxylic acids is 1. The van der Waals surface area contributed by atoms with Crippen molar-refractivity contribution in [3.8, 4) is 5.75 Å². The molecular weight excluding hydrogens is 272 g/mol. The minimum Gasteiger partial charge on any atom is -0.486 e. The van der Waals surface area contributed by atoms with E-state index in [2.05, 4.69) is 14.8 Å². The fourth-order valence-electron chi connectivity index (χ4n) is 1.81. The Labute approximate surface area is 122 Å². The average molecular weight is 290 g/mol. The van der Waals surface area contributed by atoms with Crippen LogP contribution in [0.3, 0.4) is 0 Å². The molecule has 0 aliphatic carbocycles. The molecular formula is C14H18N4O3. The zero-order valence-electron chi connectivity index (χ0n) is 12.0. The van der Waals surface area contributed by atoms with Gasteiger partial charge in [-0.15, -0.1) is 0 Å².